The van der Waals surface area contributed by atoms with Crippen molar-refractivity contribution in [3.05, 3.63) is 0 Å². The third-order valence-electron chi connectivity index (χ3n) is 2.73. The summed E-state index contributed by atoms with van der Waals surface area (Å²) < 4.78 is 10.2. The number of nitrogens with two attached hydrogens (primary N) is 1. The molecule has 0 radical (unpaired) electrons. The smallest absolute Gasteiger partial charge is 0.431 e. The number of carbonyl (C=O) groups is 2. The second-order valence-corrected chi connectivity index (χ2v) is 5.79. The van der Waals surface area contributed by atoms with Crippen molar-refractivity contribution in [1.82, 2.24) is 10.4 Å². The van der Waals surface area contributed by atoms with E-state index in [9.17, 15) is 9.59 Å². The van der Waals surface area contributed by atoms with Crippen LogP contribution in [0.1, 0.15) is 27.2 Å². The minimum atomic E-state index is -0.671. The lowest BCUT2D eigenvalue weighted by atomic mass is 10.2. The lowest BCUT2D eigenvalue weighted by Crippen LogP contribution is -2.49. The molecule has 8 nitrogen and oxygen atoms in total. The molecule has 1 aliphatic rings. The number of nitrogens with one attached hydrogen (secondary N) is 1. The van der Waals surface area contributed by atoms with Crippen molar-refractivity contribution in [3.8, 4) is 0 Å². The van der Waals surface area contributed by atoms with Crippen LogP contribution in [0, 0.1) is 0 Å². The van der Waals surface area contributed by atoms with Crippen molar-refractivity contribution in [2.24, 2.45) is 5.73 Å². The number of ether oxygens (including phenoxy) is 2. The normalized spacial score (nSPS) is 17.2. The van der Waals surface area contributed by atoms with Crippen LogP contribution in [-0.2, 0) is 19.1 Å². The van der Waals surface area contributed by atoms with Crippen LogP contribution >= 0.6 is 0 Å². The van der Waals surface area contributed by atoms with Gasteiger partial charge in [-0.3, -0.25) is 9.63 Å². The minimum absolute atomic E-state index is 0.126. The first-order valence-electron chi connectivity index (χ1n) is 7.02. The summed E-state index contributed by atoms with van der Waals surface area (Å²) in [6.45, 7) is 7.59. The monoisotopic (exact) mass is 303 g/mol. The van der Waals surface area contributed by atoms with Gasteiger partial charge < -0.3 is 20.1 Å². The Labute approximate surface area is 124 Å². The molecule has 0 bridgehead atoms. The summed E-state index contributed by atoms with van der Waals surface area (Å²) in [6, 6.07) is -0.650. The van der Waals surface area contributed by atoms with Gasteiger partial charge >= 0.3 is 6.09 Å². The largest absolute Gasteiger partial charge is 0.442 e. The molecule has 1 heterocycles. The van der Waals surface area contributed by atoms with Gasteiger partial charge in [0.1, 0.15) is 5.60 Å². The number of rotatable bonds is 5. The van der Waals surface area contributed by atoms with Crippen molar-refractivity contribution in [1.29, 1.82) is 0 Å². The lowest BCUT2D eigenvalue weighted by molar-refractivity contribution is -0.137. The molecule has 1 fully saturated rings. The van der Waals surface area contributed by atoms with Crippen molar-refractivity contribution in [2.45, 2.75) is 38.8 Å². The summed E-state index contributed by atoms with van der Waals surface area (Å²) in [5.74, 6) is -0.126. The van der Waals surface area contributed by atoms with Gasteiger partial charge in [-0.05, 0) is 27.2 Å². The third kappa shape index (κ3) is 7.26. The molecule has 0 saturated carbocycles. The van der Waals surface area contributed by atoms with Crippen molar-refractivity contribution in [2.75, 3.05) is 32.9 Å². The van der Waals surface area contributed by atoms with E-state index in [-0.39, 0.29) is 12.5 Å². The van der Waals surface area contributed by atoms with Gasteiger partial charge in [-0.25, -0.2) is 4.79 Å². The molecular weight excluding hydrogens is 278 g/mol. The third-order valence-corrected chi connectivity index (χ3v) is 2.73. The maximum atomic E-state index is 12.0. The quantitative estimate of drug-likeness (QED) is 0.548. The fraction of sp³-hybridized carbons (Fsp3) is 0.846. The highest BCUT2D eigenvalue weighted by Crippen LogP contribution is 2.06. The molecule has 1 atom stereocenters. The van der Waals surface area contributed by atoms with Crippen LogP contribution in [0.25, 0.3) is 0 Å². The predicted octanol–water partition coefficient (Wildman–Crippen LogP) is 0.0189. The van der Waals surface area contributed by atoms with Crippen LogP contribution in [0.4, 0.5) is 4.79 Å². The zero-order valence-corrected chi connectivity index (χ0v) is 12.9. The molecule has 0 aromatic rings. The first-order valence-corrected chi connectivity index (χ1v) is 7.02. The SMILES string of the molecule is CC(C)(C)OC(=O)NOCCC(N)C(=O)N1CCOCC1. The van der Waals surface area contributed by atoms with E-state index in [1.807, 2.05) is 0 Å². The van der Waals surface area contributed by atoms with E-state index >= 15 is 0 Å². The van der Waals surface area contributed by atoms with Crippen molar-refractivity contribution >= 4 is 12.0 Å². The van der Waals surface area contributed by atoms with Gasteiger partial charge in [0, 0.05) is 13.1 Å². The van der Waals surface area contributed by atoms with Gasteiger partial charge in [-0.15, -0.1) is 0 Å². The van der Waals surface area contributed by atoms with Gasteiger partial charge in [0.05, 0.1) is 25.9 Å². The lowest BCUT2D eigenvalue weighted by Gasteiger charge is -2.29. The van der Waals surface area contributed by atoms with Crippen LogP contribution < -0.4 is 11.2 Å². The molecule has 21 heavy (non-hydrogen) atoms. The number of carbonyl (C=O) groups excluding carboxylic acids is 2. The van der Waals surface area contributed by atoms with Crippen LogP contribution in [0.5, 0.6) is 0 Å². The number of hydrogen-bond acceptors (Lipinski definition) is 6. The Balaban J connectivity index is 2.16. The Morgan fingerprint density at radius 2 is 1.95 bits per heavy atom. The van der Waals surface area contributed by atoms with Crippen molar-refractivity contribution < 1.29 is 23.9 Å². The standard InChI is InChI=1S/C13H25N3O5/c1-13(2,3)21-12(18)15-20-7-4-10(14)11(17)16-5-8-19-9-6-16/h10H,4-9,14H2,1-3H3,(H,15,18). The van der Waals surface area contributed by atoms with Gasteiger partial charge in [0.25, 0.3) is 0 Å². The summed E-state index contributed by atoms with van der Waals surface area (Å²) in [6.07, 6.45) is -0.359. The van der Waals surface area contributed by atoms with E-state index in [1.54, 1.807) is 25.7 Å². The molecule has 1 rings (SSSR count). The highest BCUT2D eigenvalue weighted by Gasteiger charge is 2.23. The fourth-order valence-electron chi connectivity index (χ4n) is 1.74. The van der Waals surface area contributed by atoms with Gasteiger partial charge in [-0.2, -0.15) is 5.48 Å². The Hall–Kier alpha value is -1.38. The number of hydrogen-bond donors (Lipinski definition) is 2. The molecule has 2 amide bonds. The van der Waals surface area contributed by atoms with Gasteiger partial charge in [-0.1, -0.05) is 0 Å². The maximum Gasteiger partial charge on any atom is 0.431 e. The molecule has 122 valence electrons. The van der Waals surface area contributed by atoms with Crippen LogP contribution in [0.15, 0.2) is 0 Å². The fourth-order valence-corrected chi connectivity index (χ4v) is 1.74. The van der Waals surface area contributed by atoms with E-state index in [2.05, 4.69) is 5.48 Å². The van der Waals surface area contributed by atoms with Gasteiger partial charge in [0.15, 0.2) is 0 Å². The molecule has 1 saturated heterocycles. The van der Waals surface area contributed by atoms with Crippen LogP contribution in [0.2, 0.25) is 0 Å². The first kappa shape index (κ1) is 17.7. The maximum absolute atomic E-state index is 12.0. The summed E-state index contributed by atoms with van der Waals surface area (Å²) in [4.78, 5) is 29.9. The molecule has 3 N–H and O–H groups in total. The molecule has 8 heteroatoms. The second kappa shape index (κ2) is 8.16. The molecular formula is C13H25N3O5. The highest BCUT2D eigenvalue weighted by molar-refractivity contribution is 5.81. The predicted molar refractivity (Wildman–Crippen MR) is 75.3 cm³/mol. The number of morpholine rings is 1. The molecule has 0 aromatic heterocycles. The Kier molecular flexibility index (Phi) is 6.86. The molecule has 0 aromatic carbocycles. The van der Waals surface area contributed by atoms with E-state index in [0.717, 1.165) is 0 Å². The van der Waals surface area contributed by atoms with E-state index in [4.69, 9.17) is 20.0 Å². The number of nitrogens with zero attached hydrogens (tertiary/aromatic N) is 1. The average Bonchev–Trinajstić information content (AvgIpc) is 2.41. The van der Waals surface area contributed by atoms with Gasteiger partial charge in [0.2, 0.25) is 5.91 Å². The average molecular weight is 303 g/mol. The summed E-state index contributed by atoms with van der Waals surface area (Å²) in [5, 5.41) is 0. The van der Waals surface area contributed by atoms with Crippen LogP contribution in [0.3, 0.4) is 0 Å². The number of hydroxylamine groups is 1. The highest BCUT2D eigenvalue weighted by atomic mass is 16.7. The summed E-state index contributed by atoms with van der Waals surface area (Å²) >= 11 is 0. The summed E-state index contributed by atoms with van der Waals surface area (Å²) in [7, 11) is 0. The number of amides is 2. The van der Waals surface area contributed by atoms with E-state index < -0.39 is 17.7 Å². The second-order valence-electron chi connectivity index (χ2n) is 5.79. The molecule has 1 aliphatic heterocycles. The molecule has 0 aliphatic carbocycles. The Morgan fingerprint density at radius 1 is 1.33 bits per heavy atom. The zero-order valence-electron chi connectivity index (χ0n) is 12.9. The van der Waals surface area contributed by atoms with Crippen molar-refractivity contribution in [3.63, 3.8) is 0 Å². The molecule has 0 spiro atoms. The van der Waals surface area contributed by atoms with E-state index in [0.29, 0.717) is 32.7 Å². The van der Waals surface area contributed by atoms with Crippen LogP contribution in [-0.4, -0.2) is 61.5 Å². The summed E-state index contributed by atoms with van der Waals surface area (Å²) in [5.41, 5.74) is 7.37. The zero-order chi connectivity index (χ0) is 15.9. The molecule has 1 unspecified atom stereocenters. The Morgan fingerprint density at radius 3 is 2.52 bits per heavy atom. The minimum Gasteiger partial charge on any atom is -0.442 e. The topological polar surface area (TPSA) is 103 Å². The Bertz CT molecular complexity index is 350. The van der Waals surface area contributed by atoms with E-state index in [1.165, 1.54) is 0 Å². The first-order chi connectivity index (χ1) is 9.79.